The monoisotopic (exact) mass is 304 g/mol. The highest BCUT2D eigenvalue weighted by Gasteiger charge is 2.31. The summed E-state index contributed by atoms with van der Waals surface area (Å²) >= 11 is 0. The number of carbonyl (C=O) groups is 1. The topological polar surface area (TPSA) is 50.2 Å². The second-order valence-electron chi connectivity index (χ2n) is 6.62. The van der Waals surface area contributed by atoms with E-state index in [4.69, 9.17) is 0 Å². The number of aromatic nitrogens is 2. The fourth-order valence-corrected chi connectivity index (χ4v) is 3.68. The van der Waals surface area contributed by atoms with E-state index in [0.717, 1.165) is 52.0 Å². The molecule has 22 heavy (non-hydrogen) atoms. The zero-order chi connectivity index (χ0) is 15.4. The number of likely N-dealkylation sites (tertiary alicyclic amines) is 1. The first kappa shape index (κ1) is 15.5. The summed E-state index contributed by atoms with van der Waals surface area (Å²) in [4.78, 5) is 19.1. The van der Waals surface area contributed by atoms with Crippen molar-refractivity contribution in [2.24, 2.45) is 5.92 Å². The van der Waals surface area contributed by atoms with Gasteiger partial charge in [0.1, 0.15) is 5.82 Å². The molecule has 0 spiro atoms. The SMILES string of the molecule is CCCCn1ccnc1C1CCN(C(=O)C2CCNC2)CC1. The Hall–Kier alpha value is -1.36. The van der Waals surface area contributed by atoms with Crippen molar-refractivity contribution in [3.8, 4) is 0 Å². The van der Waals surface area contributed by atoms with Gasteiger partial charge in [0.25, 0.3) is 0 Å². The standard InChI is InChI=1S/C17H28N4O/c1-2-3-9-20-12-8-19-16(20)14-5-10-21(11-6-14)17(22)15-4-7-18-13-15/h8,12,14-15,18H,2-7,9-11,13H2,1H3. The van der Waals surface area contributed by atoms with Crippen molar-refractivity contribution in [1.82, 2.24) is 19.8 Å². The van der Waals surface area contributed by atoms with Crippen molar-refractivity contribution < 1.29 is 4.79 Å². The number of amides is 1. The number of hydrogen-bond donors (Lipinski definition) is 1. The van der Waals surface area contributed by atoms with E-state index >= 15 is 0 Å². The Balaban J connectivity index is 1.55. The first-order valence-corrected chi connectivity index (χ1v) is 8.80. The number of nitrogens with zero attached hydrogens (tertiary/aromatic N) is 3. The lowest BCUT2D eigenvalue weighted by Crippen LogP contribution is -2.42. The maximum absolute atomic E-state index is 12.5. The van der Waals surface area contributed by atoms with Crippen molar-refractivity contribution in [2.75, 3.05) is 26.2 Å². The van der Waals surface area contributed by atoms with Crippen LogP contribution in [-0.4, -0.2) is 46.5 Å². The average molecular weight is 304 g/mol. The third kappa shape index (κ3) is 3.35. The lowest BCUT2D eigenvalue weighted by Gasteiger charge is -2.33. The summed E-state index contributed by atoms with van der Waals surface area (Å²) < 4.78 is 2.31. The number of nitrogens with one attached hydrogen (secondary N) is 1. The Labute approximate surface area is 133 Å². The van der Waals surface area contributed by atoms with Crippen LogP contribution in [0.25, 0.3) is 0 Å². The van der Waals surface area contributed by atoms with Gasteiger partial charge in [0.05, 0.1) is 5.92 Å². The van der Waals surface area contributed by atoms with Gasteiger partial charge in [0.2, 0.25) is 5.91 Å². The highest BCUT2D eigenvalue weighted by Crippen LogP contribution is 2.28. The zero-order valence-corrected chi connectivity index (χ0v) is 13.6. The lowest BCUT2D eigenvalue weighted by atomic mass is 9.94. The fourth-order valence-electron chi connectivity index (χ4n) is 3.68. The van der Waals surface area contributed by atoms with Crippen molar-refractivity contribution in [1.29, 1.82) is 0 Å². The van der Waals surface area contributed by atoms with Crippen molar-refractivity contribution >= 4 is 5.91 Å². The summed E-state index contributed by atoms with van der Waals surface area (Å²) in [6, 6.07) is 0. The molecule has 0 saturated carbocycles. The van der Waals surface area contributed by atoms with Crippen LogP contribution in [-0.2, 0) is 11.3 Å². The van der Waals surface area contributed by atoms with Gasteiger partial charge in [-0.1, -0.05) is 13.3 Å². The second kappa shape index (κ2) is 7.27. The number of aryl methyl sites for hydroxylation is 1. The number of unbranched alkanes of at least 4 members (excludes halogenated alkanes) is 1. The average Bonchev–Trinajstić information content (AvgIpc) is 3.24. The van der Waals surface area contributed by atoms with Crippen LogP contribution < -0.4 is 5.32 Å². The van der Waals surface area contributed by atoms with Crippen LogP contribution in [0.3, 0.4) is 0 Å². The molecule has 2 aliphatic rings. The number of rotatable bonds is 5. The molecule has 0 aliphatic carbocycles. The van der Waals surface area contributed by atoms with Gasteiger partial charge in [0, 0.05) is 44.5 Å². The first-order valence-electron chi connectivity index (χ1n) is 8.80. The molecule has 0 aromatic carbocycles. The van der Waals surface area contributed by atoms with Crippen molar-refractivity contribution in [3.05, 3.63) is 18.2 Å². The predicted molar refractivity (Wildman–Crippen MR) is 86.7 cm³/mol. The first-order chi connectivity index (χ1) is 10.8. The number of piperidine rings is 1. The minimum absolute atomic E-state index is 0.211. The van der Waals surface area contributed by atoms with Gasteiger partial charge >= 0.3 is 0 Å². The maximum atomic E-state index is 12.5. The molecule has 1 aromatic rings. The van der Waals surface area contributed by atoms with E-state index in [-0.39, 0.29) is 5.92 Å². The molecule has 1 atom stereocenters. The van der Waals surface area contributed by atoms with Crippen LogP contribution in [0.2, 0.25) is 0 Å². The molecule has 1 N–H and O–H groups in total. The number of imidazole rings is 1. The summed E-state index contributed by atoms with van der Waals surface area (Å²) in [6.07, 6.45) is 9.54. The lowest BCUT2D eigenvalue weighted by molar-refractivity contribution is -0.136. The summed E-state index contributed by atoms with van der Waals surface area (Å²) in [5.41, 5.74) is 0. The Kier molecular flexibility index (Phi) is 5.13. The van der Waals surface area contributed by atoms with Crippen LogP contribution in [0, 0.1) is 5.92 Å². The van der Waals surface area contributed by atoms with Gasteiger partial charge < -0.3 is 14.8 Å². The van der Waals surface area contributed by atoms with Gasteiger partial charge in [-0.15, -0.1) is 0 Å². The van der Waals surface area contributed by atoms with Crippen LogP contribution >= 0.6 is 0 Å². The van der Waals surface area contributed by atoms with Crippen LogP contribution in [0.15, 0.2) is 12.4 Å². The zero-order valence-electron chi connectivity index (χ0n) is 13.6. The third-order valence-corrected chi connectivity index (χ3v) is 5.08. The molecule has 2 fully saturated rings. The van der Waals surface area contributed by atoms with Crippen LogP contribution in [0.5, 0.6) is 0 Å². The van der Waals surface area contributed by atoms with Gasteiger partial charge in [-0.25, -0.2) is 4.98 Å². The summed E-state index contributed by atoms with van der Waals surface area (Å²) in [6.45, 7) is 6.92. The van der Waals surface area contributed by atoms with E-state index in [1.54, 1.807) is 0 Å². The molecular weight excluding hydrogens is 276 g/mol. The van der Waals surface area contributed by atoms with E-state index in [1.165, 1.54) is 18.7 Å². The highest BCUT2D eigenvalue weighted by molar-refractivity contribution is 5.79. The van der Waals surface area contributed by atoms with Gasteiger partial charge in [0.15, 0.2) is 0 Å². The molecule has 3 rings (SSSR count). The van der Waals surface area contributed by atoms with E-state index in [0.29, 0.717) is 11.8 Å². The fraction of sp³-hybridized carbons (Fsp3) is 0.765. The normalized spacial score (nSPS) is 23.1. The van der Waals surface area contributed by atoms with Gasteiger partial charge in [-0.05, 0) is 32.2 Å². The van der Waals surface area contributed by atoms with E-state index in [1.807, 2.05) is 6.20 Å². The van der Waals surface area contributed by atoms with Gasteiger partial charge in [-0.2, -0.15) is 0 Å². The highest BCUT2D eigenvalue weighted by atomic mass is 16.2. The molecule has 0 radical (unpaired) electrons. The van der Waals surface area contributed by atoms with E-state index in [9.17, 15) is 4.79 Å². The molecule has 5 nitrogen and oxygen atoms in total. The molecule has 5 heteroatoms. The largest absolute Gasteiger partial charge is 0.342 e. The number of carbonyl (C=O) groups excluding carboxylic acids is 1. The minimum Gasteiger partial charge on any atom is -0.342 e. The minimum atomic E-state index is 0.211. The Morgan fingerprint density at radius 1 is 1.36 bits per heavy atom. The molecule has 1 unspecified atom stereocenters. The second-order valence-corrected chi connectivity index (χ2v) is 6.62. The Bertz CT molecular complexity index is 485. The molecule has 1 aromatic heterocycles. The molecule has 122 valence electrons. The third-order valence-electron chi connectivity index (χ3n) is 5.08. The van der Waals surface area contributed by atoms with E-state index < -0.39 is 0 Å². The van der Waals surface area contributed by atoms with Gasteiger partial charge in [-0.3, -0.25) is 4.79 Å². The van der Waals surface area contributed by atoms with E-state index in [2.05, 4.69) is 32.9 Å². The summed E-state index contributed by atoms with van der Waals surface area (Å²) in [5, 5.41) is 3.29. The summed E-state index contributed by atoms with van der Waals surface area (Å²) in [5.74, 6) is 2.31. The molecular formula is C17H28N4O. The molecule has 2 saturated heterocycles. The van der Waals surface area contributed by atoms with Crippen LogP contribution in [0.1, 0.15) is 50.8 Å². The quantitative estimate of drug-likeness (QED) is 0.905. The number of hydrogen-bond acceptors (Lipinski definition) is 3. The van der Waals surface area contributed by atoms with Crippen LogP contribution in [0.4, 0.5) is 0 Å². The molecule has 2 aliphatic heterocycles. The summed E-state index contributed by atoms with van der Waals surface area (Å²) in [7, 11) is 0. The van der Waals surface area contributed by atoms with Crippen molar-refractivity contribution in [3.63, 3.8) is 0 Å². The molecule has 1 amide bonds. The smallest absolute Gasteiger partial charge is 0.227 e. The Morgan fingerprint density at radius 3 is 2.86 bits per heavy atom. The van der Waals surface area contributed by atoms with Crippen molar-refractivity contribution in [2.45, 2.75) is 51.5 Å². The Morgan fingerprint density at radius 2 is 2.18 bits per heavy atom. The maximum Gasteiger partial charge on any atom is 0.227 e. The molecule has 0 bridgehead atoms. The predicted octanol–water partition coefficient (Wildman–Crippen LogP) is 2.00. The molecule has 3 heterocycles.